The number of tetrazole rings is 1. The Hall–Kier alpha value is -3.22. The topological polar surface area (TPSA) is 92.8 Å². The van der Waals surface area contributed by atoms with Gasteiger partial charge < -0.3 is 10.1 Å². The van der Waals surface area contributed by atoms with Crippen LogP contribution in [-0.4, -0.2) is 26.5 Å². The molecule has 7 heteroatoms. The van der Waals surface area contributed by atoms with Crippen molar-refractivity contribution in [1.82, 2.24) is 20.6 Å². The molecule has 0 unspecified atom stereocenters. The van der Waals surface area contributed by atoms with Crippen molar-refractivity contribution in [1.29, 1.82) is 0 Å². The van der Waals surface area contributed by atoms with Gasteiger partial charge in [0.25, 0.3) is 0 Å². The van der Waals surface area contributed by atoms with Crippen molar-refractivity contribution in [3.63, 3.8) is 0 Å². The third-order valence-corrected chi connectivity index (χ3v) is 2.84. The first kappa shape index (κ1) is 13.7. The first-order valence-electron chi connectivity index (χ1n) is 6.65. The zero-order valence-corrected chi connectivity index (χ0v) is 11.6. The number of rotatable bonds is 5. The van der Waals surface area contributed by atoms with E-state index in [-0.39, 0.29) is 12.3 Å². The molecule has 0 atom stereocenters. The number of nitrogens with zero attached hydrogens (tertiary/aromatic N) is 3. The summed E-state index contributed by atoms with van der Waals surface area (Å²) in [6.07, 6.45) is 0.0379. The Labute approximate surface area is 126 Å². The summed E-state index contributed by atoms with van der Waals surface area (Å²) in [7, 11) is 0. The zero-order chi connectivity index (χ0) is 15.2. The summed E-state index contributed by atoms with van der Waals surface area (Å²) in [5.74, 6) is 1.35. The minimum Gasteiger partial charge on any atom is -0.455 e. The number of nitrogens with one attached hydrogen (secondary N) is 2. The van der Waals surface area contributed by atoms with Crippen LogP contribution in [0.15, 0.2) is 54.6 Å². The maximum absolute atomic E-state index is 12.0. The van der Waals surface area contributed by atoms with Crippen LogP contribution in [0.1, 0.15) is 5.82 Å². The molecular weight excluding hydrogens is 282 g/mol. The van der Waals surface area contributed by atoms with Crippen molar-refractivity contribution in [2.24, 2.45) is 0 Å². The van der Waals surface area contributed by atoms with E-state index in [1.54, 1.807) is 12.1 Å². The molecule has 0 aliphatic heterocycles. The summed E-state index contributed by atoms with van der Waals surface area (Å²) >= 11 is 0. The summed E-state index contributed by atoms with van der Waals surface area (Å²) < 4.78 is 5.78. The van der Waals surface area contributed by atoms with Crippen LogP contribution in [0.25, 0.3) is 0 Å². The third-order valence-electron chi connectivity index (χ3n) is 2.84. The van der Waals surface area contributed by atoms with E-state index in [0.29, 0.717) is 23.0 Å². The summed E-state index contributed by atoms with van der Waals surface area (Å²) in [5, 5.41) is 16.0. The highest BCUT2D eigenvalue weighted by Gasteiger charge is 2.11. The average Bonchev–Trinajstić information content (AvgIpc) is 3.03. The van der Waals surface area contributed by atoms with Crippen LogP contribution in [0.3, 0.4) is 0 Å². The summed E-state index contributed by atoms with van der Waals surface area (Å²) in [4.78, 5) is 12.0. The van der Waals surface area contributed by atoms with Crippen molar-refractivity contribution in [3.8, 4) is 11.5 Å². The van der Waals surface area contributed by atoms with Gasteiger partial charge in [0.05, 0.1) is 12.1 Å². The van der Waals surface area contributed by atoms with Crippen molar-refractivity contribution in [3.05, 3.63) is 60.4 Å². The molecule has 0 saturated heterocycles. The number of aromatic nitrogens is 4. The van der Waals surface area contributed by atoms with Gasteiger partial charge in [-0.25, -0.2) is 0 Å². The molecule has 1 amide bonds. The van der Waals surface area contributed by atoms with Crippen LogP contribution in [-0.2, 0) is 11.2 Å². The van der Waals surface area contributed by atoms with Gasteiger partial charge in [-0.1, -0.05) is 35.5 Å². The van der Waals surface area contributed by atoms with Gasteiger partial charge in [-0.2, -0.15) is 5.21 Å². The number of hydrogen-bond acceptors (Lipinski definition) is 5. The Morgan fingerprint density at radius 3 is 2.64 bits per heavy atom. The highest BCUT2D eigenvalue weighted by Crippen LogP contribution is 2.29. The number of carbonyl (C=O) groups excluding carboxylic acids is 1. The van der Waals surface area contributed by atoms with Gasteiger partial charge in [-0.3, -0.25) is 4.79 Å². The van der Waals surface area contributed by atoms with Gasteiger partial charge in [-0.05, 0) is 24.3 Å². The minimum atomic E-state index is -0.245. The average molecular weight is 295 g/mol. The van der Waals surface area contributed by atoms with Crippen LogP contribution in [0.5, 0.6) is 11.5 Å². The Balaban J connectivity index is 1.72. The molecule has 0 fully saturated rings. The van der Waals surface area contributed by atoms with E-state index in [4.69, 9.17) is 4.74 Å². The lowest BCUT2D eigenvalue weighted by atomic mass is 10.2. The molecule has 3 aromatic rings. The molecule has 7 nitrogen and oxygen atoms in total. The van der Waals surface area contributed by atoms with Crippen molar-refractivity contribution < 1.29 is 9.53 Å². The smallest absolute Gasteiger partial charge is 0.232 e. The van der Waals surface area contributed by atoms with E-state index in [2.05, 4.69) is 25.9 Å². The number of carbonyl (C=O) groups is 1. The molecule has 3 rings (SSSR count). The first-order chi connectivity index (χ1) is 10.8. The fraction of sp³-hybridized carbons (Fsp3) is 0.0667. The highest BCUT2D eigenvalue weighted by atomic mass is 16.5. The maximum atomic E-state index is 12.0. The van der Waals surface area contributed by atoms with E-state index >= 15 is 0 Å². The van der Waals surface area contributed by atoms with Gasteiger partial charge in [-0.15, -0.1) is 10.2 Å². The number of anilines is 1. The van der Waals surface area contributed by atoms with Gasteiger partial charge >= 0.3 is 0 Å². The second-order valence-electron chi connectivity index (χ2n) is 4.46. The zero-order valence-electron chi connectivity index (χ0n) is 11.6. The molecule has 1 aromatic heterocycles. The monoisotopic (exact) mass is 295 g/mol. The lowest BCUT2D eigenvalue weighted by molar-refractivity contribution is -0.115. The van der Waals surface area contributed by atoms with E-state index < -0.39 is 0 Å². The van der Waals surface area contributed by atoms with E-state index in [9.17, 15) is 4.79 Å². The minimum absolute atomic E-state index is 0.0379. The lowest BCUT2D eigenvalue weighted by Crippen LogP contribution is -2.15. The predicted octanol–water partition coefficient (Wildman–Crippen LogP) is 2.17. The van der Waals surface area contributed by atoms with Gasteiger partial charge in [0.15, 0.2) is 11.6 Å². The van der Waals surface area contributed by atoms with Crippen LogP contribution in [0.4, 0.5) is 5.69 Å². The van der Waals surface area contributed by atoms with Gasteiger partial charge in [0, 0.05) is 0 Å². The molecule has 110 valence electrons. The van der Waals surface area contributed by atoms with Crippen molar-refractivity contribution >= 4 is 11.6 Å². The van der Waals surface area contributed by atoms with E-state index in [0.717, 1.165) is 0 Å². The molecule has 22 heavy (non-hydrogen) atoms. The number of amides is 1. The number of H-pyrrole nitrogens is 1. The summed E-state index contributed by atoms with van der Waals surface area (Å²) in [5.41, 5.74) is 0.583. The molecule has 0 spiro atoms. The fourth-order valence-electron chi connectivity index (χ4n) is 1.87. The van der Waals surface area contributed by atoms with Crippen molar-refractivity contribution in [2.75, 3.05) is 5.32 Å². The number of ether oxygens (including phenoxy) is 1. The maximum Gasteiger partial charge on any atom is 0.232 e. The largest absolute Gasteiger partial charge is 0.455 e. The molecule has 0 bridgehead atoms. The standard InChI is InChI=1S/C15H13N5O2/c21-15(10-14-17-19-20-18-14)16-12-8-4-5-9-13(12)22-11-6-2-1-3-7-11/h1-9H,10H2,(H,16,21)(H,17,18,19,20). The SMILES string of the molecule is O=C(Cc1nn[nH]n1)Nc1ccccc1Oc1ccccc1. The van der Waals surface area contributed by atoms with Gasteiger partial charge in [0.2, 0.25) is 5.91 Å². The molecule has 0 aliphatic carbocycles. The van der Waals surface area contributed by atoms with E-state index in [1.807, 2.05) is 42.5 Å². The molecule has 0 aliphatic rings. The molecule has 0 saturated carbocycles. The number of benzene rings is 2. The van der Waals surface area contributed by atoms with Gasteiger partial charge in [0.1, 0.15) is 5.75 Å². The second kappa shape index (κ2) is 6.49. The number of para-hydroxylation sites is 3. The van der Waals surface area contributed by atoms with Crippen LogP contribution >= 0.6 is 0 Å². The molecule has 2 N–H and O–H groups in total. The molecule has 1 heterocycles. The van der Waals surface area contributed by atoms with Crippen LogP contribution < -0.4 is 10.1 Å². The van der Waals surface area contributed by atoms with Crippen LogP contribution in [0.2, 0.25) is 0 Å². The lowest BCUT2D eigenvalue weighted by Gasteiger charge is -2.11. The second-order valence-corrected chi connectivity index (χ2v) is 4.46. The Kier molecular flexibility index (Phi) is 4.05. The normalized spacial score (nSPS) is 10.2. The predicted molar refractivity (Wildman–Crippen MR) is 79.5 cm³/mol. The van der Waals surface area contributed by atoms with E-state index in [1.165, 1.54) is 0 Å². The Bertz CT molecular complexity index is 744. The summed E-state index contributed by atoms with van der Waals surface area (Å²) in [6, 6.07) is 16.6. The quantitative estimate of drug-likeness (QED) is 0.752. The first-order valence-corrected chi connectivity index (χ1v) is 6.65. The molecule has 0 radical (unpaired) electrons. The summed E-state index contributed by atoms with van der Waals surface area (Å²) in [6.45, 7) is 0. The number of aromatic amines is 1. The third kappa shape index (κ3) is 3.45. The molecule has 2 aromatic carbocycles. The Morgan fingerprint density at radius 2 is 1.86 bits per heavy atom. The van der Waals surface area contributed by atoms with Crippen molar-refractivity contribution in [2.45, 2.75) is 6.42 Å². The number of hydrogen-bond donors (Lipinski definition) is 2. The Morgan fingerprint density at radius 1 is 1.09 bits per heavy atom. The highest BCUT2D eigenvalue weighted by molar-refractivity contribution is 5.93. The fourth-order valence-corrected chi connectivity index (χ4v) is 1.87. The van der Waals surface area contributed by atoms with Crippen LogP contribution in [0, 0.1) is 0 Å². The molecular formula is C15H13N5O2.